The Bertz CT molecular complexity index is 485. The van der Waals surface area contributed by atoms with Gasteiger partial charge in [-0.25, -0.2) is 4.39 Å². The van der Waals surface area contributed by atoms with Gasteiger partial charge in [-0.3, -0.25) is 4.79 Å². The van der Waals surface area contributed by atoms with Crippen LogP contribution in [0.3, 0.4) is 0 Å². The summed E-state index contributed by atoms with van der Waals surface area (Å²) in [5, 5.41) is 3.78. The fourth-order valence-electron chi connectivity index (χ4n) is 3.56. The summed E-state index contributed by atoms with van der Waals surface area (Å²) in [4.78, 5) is 12.4. The Morgan fingerprint density at radius 1 is 1.35 bits per heavy atom. The Morgan fingerprint density at radius 2 is 2.15 bits per heavy atom. The van der Waals surface area contributed by atoms with Crippen molar-refractivity contribution in [1.29, 1.82) is 0 Å². The summed E-state index contributed by atoms with van der Waals surface area (Å²) in [6.45, 7) is 0. The van der Waals surface area contributed by atoms with E-state index in [1.807, 2.05) is 0 Å². The first-order chi connectivity index (χ1) is 9.65. The average molecular weight is 296 g/mol. The van der Waals surface area contributed by atoms with Crippen molar-refractivity contribution in [2.45, 2.75) is 50.6 Å². The average Bonchev–Trinajstić information content (AvgIpc) is 2.87. The number of rotatable bonds is 3. The Morgan fingerprint density at radius 3 is 2.90 bits per heavy atom. The maximum absolute atomic E-state index is 13.7. The maximum Gasteiger partial charge on any atom is 0.154 e. The number of halogens is 2. The molecule has 108 valence electrons. The molecule has 0 aromatic heterocycles. The van der Waals surface area contributed by atoms with E-state index in [-0.39, 0.29) is 24.1 Å². The zero-order chi connectivity index (χ0) is 14.1. The van der Waals surface area contributed by atoms with Gasteiger partial charge in [-0.15, -0.1) is 0 Å². The van der Waals surface area contributed by atoms with E-state index in [1.165, 1.54) is 25.3 Å². The summed E-state index contributed by atoms with van der Waals surface area (Å²) in [7, 11) is 0. The third-order valence-electron chi connectivity index (χ3n) is 4.66. The van der Waals surface area contributed by atoms with Gasteiger partial charge in [0.25, 0.3) is 0 Å². The second kappa shape index (κ2) is 5.82. The van der Waals surface area contributed by atoms with Crippen LogP contribution >= 0.6 is 11.6 Å². The molecule has 1 saturated heterocycles. The first-order valence-corrected chi connectivity index (χ1v) is 7.74. The van der Waals surface area contributed by atoms with Gasteiger partial charge in [0.2, 0.25) is 0 Å². The summed E-state index contributed by atoms with van der Waals surface area (Å²) >= 11 is 5.99. The van der Waals surface area contributed by atoms with Gasteiger partial charge in [0.15, 0.2) is 5.78 Å². The van der Waals surface area contributed by atoms with E-state index < -0.39 is 0 Å². The number of Topliss-reactive ketones (excluding diaryl/α,β-unsaturated/α-hetero) is 1. The third kappa shape index (κ3) is 2.75. The molecule has 2 aliphatic rings. The number of carbonyl (C=O) groups excluding carboxylic acids is 1. The molecule has 0 spiro atoms. The molecule has 1 aliphatic heterocycles. The fourth-order valence-corrected chi connectivity index (χ4v) is 3.79. The smallest absolute Gasteiger partial charge is 0.154 e. The number of ketones is 1. The molecule has 1 aliphatic carbocycles. The molecule has 1 aromatic carbocycles. The van der Waals surface area contributed by atoms with Crippen molar-refractivity contribution in [3.05, 3.63) is 34.6 Å². The van der Waals surface area contributed by atoms with Gasteiger partial charge in [0.1, 0.15) is 5.82 Å². The van der Waals surface area contributed by atoms with Crippen molar-refractivity contribution in [3.63, 3.8) is 0 Å². The molecule has 2 nitrogen and oxygen atoms in total. The Labute approximate surface area is 123 Å². The second-order valence-electron chi connectivity index (χ2n) is 5.95. The van der Waals surface area contributed by atoms with Crippen LogP contribution in [0.15, 0.2) is 18.2 Å². The van der Waals surface area contributed by atoms with Crippen LogP contribution in [0.25, 0.3) is 0 Å². The van der Waals surface area contributed by atoms with Gasteiger partial charge in [-0.05, 0) is 37.3 Å². The van der Waals surface area contributed by atoms with E-state index in [1.54, 1.807) is 12.1 Å². The van der Waals surface area contributed by atoms with E-state index in [0.717, 1.165) is 12.8 Å². The van der Waals surface area contributed by atoms with Crippen LogP contribution in [-0.4, -0.2) is 17.9 Å². The molecule has 3 rings (SSSR count). The van der Waals surface area contributed by atoms with Crippen LogP contribution in [0, 0.1) is 11.7 Å². The van der Waals surface area contributed by atoms with E-state index in [0.29, 0.717) is 22.5 Å². The molecule has 3 atom stereocenters. The van der Waals surface area contributed by atoms with Crippen molar-refractivity contribution in [2.75, 3.05) is 0 Å². The van der Waals surface area contributed by atoms with Gasteiger partial charge in [0.05, 0.1) is 6.04 Å². The summed E-state index contributed by atoms with van der Waals surface area (Å²) in [5.74, 6) is 0.293. The minimum Gasteiger partial charge on any atom is -0.304 e. The second-order valence-corrected chi connectivity index (χ2v) is 6.36. The number of hydrogen-bond donors (Lipinski definition) is 1. The summed E-state index contributed by atoms with van der Waals surface area (Å²) in [6.07, 6.45) is 5.87. The topological polar surface area (TPSA) is 29.1 Å². The van der Waals surface area contributed by atoms with E-state index in [4.69, 9.17) is 11.6 Å². The highest BCUT2D eigenvalue weighted by Gasteiger charge is 2.38. The van der Waals surface area contributed by atoms with Crippen LogP contribution in [0.4, 0.5) is 4.39 Å². The van der Waals surface area contributed by atoms with Crippen molar-refractivity contribution in [3.8, 4) is 0 Å². The zero-order valence-electron chi connectivity index (χ0n) is 11.4. The predicted molar refractivity (Wildman–Crippen MR) is 77.4 cm³/mol. The highest BCUT2D eigenvalue weighted by atomic mass is 35.5. The molecule has 1 heterocycles. The summed E-state index contributed by atoms with van der Waals surface area (Å²) in [5.41, 5.74) is 0.329. The lowest BCUT2D eigenvalue weighted by Crippen LogP contribution is -2.37. The molecule has 1 saturated carbocycles. The standard InChI is InChI=1S/C16H19ClFNO/c17-12-5-3-6-13(18)11(12)9-16(20)15-8-10-4-1-2-7-14(10)19-15/h3,5-6,10,14-15,19H,1-2,4,7-9H2. The molecular formula is C16H19ClFNO. The maximum atomic E-state index is 13.7. The number of fused-ring (bicyclic) bond motifs is 1. The van der Waals surface area contributed by atoms with Gasteiger partial charge < -0.3 is 5.32 Å². The quantitative estimate of drug-likeness (QED) is 0.924. The van der Waals surface area contributed by atoms with E-state index >= 15 is 0 Å². The number of nitrogens with one attached hydrogen (secondary N) is 1. The van der Waals surface area contributed by atoms with E-state index in [9.17, 15) is 9.18 Å². The van der Waals surface area contributed by atoms with Crippen LogP contribution < -0.4 is 5.32 Å². The molecule has 4 heteroatoms. The molecule has 0 bridgehead atoms. The third-order valence-corrected chi connectivity index (χ3v) is 5.02. The molecule has 1 N–H and O–H groups in total. The van der Waals surface area contributed by atoms with Gasteiger partial charge in [0, 0.05) is 23.0 Å². The zero-order valence-corrected chi connectivity index (χ0v) is 12.1. The van der Waals surface area contributed by atoms with Gasteiger partial charge in [-0.1, -0.05) is 30.5 Å². The van der Waals surface area contributed by atoms with Gasteiger partial charge in [-0.2, -0.15) is 0 Å². The Balaban J connectivity index is 1.68. The SMILES string of the molecule is O=C(Cc1c(F)cccc1Cl)C1CC2CCCCC2N1. The molecule has 0 amide bonds. The van der Waals surface area contributed by atoms with Crippen molar-refractivity contribution >= 4 is 17.4 Å². The molecule has 1 aromatic rings. The molecule has 2 fully saturated rings. The molecule has 20 heavy (non-hydrogen) atoms. The lowest BCUT2D eigenvalue weighted by molar-refractivity contribution is -0.120. The summed E-state index contributed by atoms with van der Waals surface area (Å²) in [6, 6.07) is 4.91. The minimum absolute atomic E-state index is 0.0615. The van der Waals surface area contributed by atoms with Crippen LogP contribution in [0.2, 0.25) is 5.02 Å². The highest BCUT2D eigenvalue weighted by molar-refractivity contribution is 6.31. The first kappa shape index (κ1) is 14.0. The van der Waals surface area contributed by atoms with Crippen molar-refractivity contribution in [2.24, 2.45) is 5.92 Å². The monoisotopic (exact) mass is 295 g/mol. The van der Waals surface area contributed by atoms with Gasteiger partial charge >= 0.3 is 0 Å². The summed E-state index contributed by atoms with van der Waals surface area (Å²) < 4.78 is 13.7. The van der Waals surface area contributed by atoms with Crippen LogP contribution in [-0.2, 0) is 11.2 Å². The van der Waals surface area contributed by atoms with Crippen LogP contribution in [0.1, 0.15) is 37.7 Å². The van der Waals surface area contributed by atoms with Crippen molar-refractivity contribution < 1.29 is 9.18 Å². The number of carbonyl (C=O) groups is 1. The largest absolute Gasteiger partial charge is 0.304 e. The molecular weight excluding hydrogens is 277 g/mol. The fraction of sp³-hybridized carbons (Fsp3) is 0.562. The number of benzene rings is 1. The Hall–Kier alpha value is -0.930. The lowest BCUT2D eigenvalue weighted by Gasteiger charge is -2.24. The van der Waals surface area contributed by atoms with Crippen LogP contribution in [0.5, 0.6) is 0 Å². The van der Waals surface area contributed by atoms with Crippen molar-refractivity contribution in [1.82, 2.24) is 5.32 Å². The number of hydrogen-bond acceptors (Lipinski definition) is 2. The Kier molecular flexibility index (Phi) is 4.08. The molecule has 0 radical (unpaired) electrons. The molecule has 3 unspecified atom stereocenters. The van der Waals surface area contributed by atoms with E-state index in [2.05, 4.69) is 5.32 Å². The predicted octanol–water partition coefficient (Wildman–Crippen LogP) is 3.51. The lowest BCUT2D eigenvalue weighted by atomic mass is 9.84. The first-order valence-electron chi connectivity index (χ1n) is 7.37. The minimum atomic E-state index is -0.388. The highest BCUT2D eigenvalue weighted by Crippen LogP contribution is 2.34. The normalized spacial score (nSPS) is 29.2.